The summed E-state index contributed by atoms with van der Waals surface area (Å²) in [6, 6.07) is 52.0. The van der Waals surface area contributed by atoms with Gasteiger partial charge >= 0.3 is 0 Å². The van der Waals surface area contributed by atoms with Crippen molar-refractivity contribution in [3.8, 4) is 28.3 Å². The SMILES string of the molecule is c1ccc2c(c1)Oc1cccc3c4ccc(-c5ccc(N(c6ccc7c(ccc8ccccc87)c6)C67CC8CC(CC(C8)C6)C7)cc5)cc4n-2c13. The molecule has 7 aromatic carbocycles. The van der Waals surface area contributed by atoms with Gasteiger partial charge in [-0.1, -0.05) is 91.0 Å². The standard InChI is InChI=1S/C48H38N2O/c1-2-7-39-34(6-1)12-13-36-25-38(19-21-40(36)39)50(48-27-30-22-31(28-48)24-32(23-30)29-48)37-17-14-33(15-18-37)35-16-20-41-42-8-5-11-46-47(42)49(44(41)26-35)43-9-3-4-10-45(43)51-46/h1-21,25-26,30-32H,22-24,27-29H2. The smallest absolute Gasteiger partial charge is 0.152 e. The first kappa shape index (κ1) is 28.2. The Bertz CT molecular complexity index is 2680. The Hall–Kier alpha value is -5.54. The van der Waals surface area contributed by atoms with E-state index < -0.39 is 0 Å². The van der Waals surface area contributed by atoms with E-state index >= 15 is 0 Å². The molecule has 1 aliphatic heterocycles. The maximum absolute atomic E-state index is 6.37. The van der Waals surface area contributed by atoms with E-state index in [4.69, 9.17) is 4.74 Å². The summed E-state index contributed by atoms with van der Waals surface area (Å²) in [7, 11) is 0. The Morgan fingerprint density at radius 3 is 2.00 bits per heavy atom. The van der Waals surface area contributed by atoms with Crippen LogP contribution in [0.1, 0.15) is 38.5 Å². The minimum atomic E-state index is 0.182. The van der Waals surface area contributed by atoms with Gasteiger partial charge in [0.15, 0.2) is 11.5 Å². The summed E-state index contributed by atoms with van der Waals surface area (Å²) in [6.45, 7) is 0. The van der Waals surface area contributed by atoms with Crippen LogP contribution in [0.5, 0.6) is 11.5 Å². The molecular weight excluding hydrogens is 621 g/mol. The predicted molar refractivity (Wildman–Crippen MR) is 211 cm³/mol. The Morgan fingerprint density at radius 2 is 1.16 bits per heavy atom. The molecule has 51 heavy (non-hydrogen) atoms. The van der Waals surface area contributed by atoms with E-state index in [1.54, 1.807) is 0 Å². The van der Waals surface area contributed by atoms with Crippen molar-refractivity contribution in [3.63, 3.8) is 0 Å². The third-order valence-electron chi connectivity index (χ3n) is 13.0. The van der Waals surface area contributed by atoms with Crippen LogP contribution in [0.15, 0.2) is 140 Å². The minimum Gasteiger partial charge on any atom is -0.453 e. The molecule has 3 heteroatoms. The molecule has 1 aromatic heterocycles. The van der Waals surface area contributed by atoms with Gasteiger partial charge in [-0.05, 0) is 137 Å². The molecule has 0 atom stereocenters. The molecule has 0 unspecified atom stereocenters. The number of nitrogens with zero attached hydrogens (tertiary/aromatic N) is 2. The molecule has 4 fully saturated rings. The van der Waals surface area contributed by atoms with E-state index in [2.05, 4.69) is 149 Å². The second-order valence-corrected chi connectivity index (χ2v) is 16.0. The molecule has 4 aliphatic carbocycles. The van der Waals surface area contributed by atoms with Gasteiger partial charge in [0.1, 0.15) is 0 Å². The van der Waals surface area contributed by atoms with Gasteiger partial charge in [-0.3, -0.25) is 0 Å². The van der Waals surface area contributed by atoms with Gasteiger partial charge in [0, 0.05) is 27.7 Å². The van der Waals surface area contributed by atoms with Gasteiger partial charge in [-0.2, -0.15) is 0 Å². The van der Waals surface area contributed by atoms with Crippen molar-refractivity contribution >= 4 is 54.7 Å². The van der Waals surface area contributed by atoms with Crippen molar-refractivity contribution in [2.45, 2.75) is 44.1 Å². The molecule has 13 rings (SSSR count). The number of aromatic nitrogens is 1. The summed E-state index contributed by atoms with van der Waals surface area (Å²) in [6.07, 6.45) is 8.24. The van der Waals surface area contributed by atoms with E-state index in [-0.39, 0.29) is 5.54 Å². The van der Waals surface area contributed by atoms with Gasteiger partial charge in [0.25, 0.3) is 0 Å². The lowest BCUT2D eigenvalue weighted by atomic mass is 9.52. The second kappa shape index (κ2) is 10.3. The molecule has 8 aromatic rings. The fourth-order valence-electron chi connectivity index (χ4n) is 11.4. The monoisotopic (exact) mass is 658 g/mol. The zero-order chi connectivity index (χ0) is 33.3. The van der Waals surface area contributed by atoms with Crippen molar-refractivity contribution in [3.05, 3.63) is 140 Å². The molecule has 3 nitrogen and oxygen atoms in total. The van der Waals surface area contributed by atoms with Crippen molar-refractivity contribution in [1.82, 2.24) is 4.57 Å². The summed E-state index contributed by atoms with van der Waals surface area (Å²) in [5.41, 5.74) is 8.78. The van der Waals surface area contributed by atoms with Gasteiger partial charge in [0.2, 0.25) is 0 Å². The largest absolute Gasteiger partial charge is 0.453 e. The zero-order valence-corrected chi connectivity index (χ0v) is 28.6. The molecule has 4 saturated carbocycles. The normalized spacial score (nSPS) is 22.9. The Balaban J connectivity index is 0.991. The molecular formula is C48H38N2O. The summed E-state index contributed by atoms with van der Waals surface area (Å²) in [5.74, 6) is 4.41. The van der Waals surface area contributed by atoms with Crippen molar-refractivity contribution in [1.29, 1.82) is 0 Å². The predicted octanol–water partition coefficient (Wildman–Crippen LogP) is 13.0. The molecule has 246 valence electrons. The quantitative estimate of drug-likeness (QED) is 0.175. The van der Waals surface area contributed by atoms with Crippen LogP contribution in [0.4, 0.5) is 11.4 Å². The average Bonchev–Trinajstić information content (AvgIpc) is 3.49. The molecule has 0 N–H and O–H groups in total. The second-order valence-electron chi connectivity index (χ2n) is 16.0. The average molecular weight is 659 g/mol. The molecule has 2 heterocycles. The molecule has 0 spiro atoms. The van der Waals surface area contributed by atoms with Gasteiger partial charge in [-0.15, -0.1) is 0 Å². The lowest BCUT2D eigenvalue weighted by Crippen LogP contribution is -2.58. The van der Waals surface area contributed by atoms with Gasteiger partial charge in [-0.25, -0.2) is 0 Å². The Labute approximate surface area is 297 Å². The third-order valence-corrected chi connectivity index (χ3v) is 13.0. The van der Waals surface area contributed by atoms with Gasteiger partial charge in [0.05, 0.1) is 16.7 Å². The highest BCUT2D eigenvalue weighted by Crippen LogP contribution is 2.60. The maximum Gasteiger partial charge on any atom is 0.152 e. The topological polar surface area (TPSA) is 17.4 Å². The van der Waals surface area contributed by atoms with E-state index in [9.17, 15) is 0 Å². The first-order chi connectivity index (χ1) is 25.2. The number of hydrogen-bond donors (Lipinski definition) is 0. The molecule has 4 bridgehead atoms. The third kappa shape index (κ3) is 4.06. The lowest BCUT2D eigenvalue weighted by Gasteiger charge is -2.61. The highest BCUT2D eigenvalue weighted by molar-refractivity contribution is 6.13. The van der Waals surface area contributed by atoms with Crippen LogP contribution < -0.4 is 9.64 Å². The lowest BCUT2D eigenvalue weighted by molar-refractivity contribution is 0.000565. The highest BCUT2D eigenvalue weighted by Gasteiger charge is 2.54. The fraction of sp³-hybridized carbons (Fsp3) is 0.208. The van der Waals surface area contributed by atoms with Gasteiger partial charge < -0.3 is 14.2 Å². The van der Waals surface area contributed by atoms with Crippen molar-refractivity contribution in [2.75, 3.05) is 4.90 Å². The fourth-order valence-corrected chi connectivity index (χ4v) is 11.4. The van der Waals surface area contributed by atoms with E-state index in [1.165, 1.54) is 98.9 Å². The maximum atomic E-state index is 6.37. The number of anilines is 2. The van der Waals surface area contributed by atoms with E-state index in [0.29, 0.717) is 0 Å². The van der Waals surface area contributed by atoms with Crippen LogP contribution in [0, 0.1) is 17.8 Å². The number of hydrogen-bond acceptors (Lipinski definition) is 2. The molecule has 0 saturated heterocycles. The van der Waals surface area contributed by atoms with Crippen LogP contribution >= 0.6 is 0 Å². The summed E-state index contributed by atoms with van der Waals surface area (Å²) in [4.78, 5) is 2.79. The first-order valence-electron chi connectivity index (χ1n) is 18.8. The molecule has 0 radical (unpaired) electrons. The first-order valence-corrected chi connectivity index (χ1v) is 18.8. The Morgan fingerprint density at radius 1 is 0.510 bits per heavy atom. The summed E-state index contributed by atoms with van der Waals surface area (Å²) in [5, 5.41) is 7.79. The van der Waals surface area contributed by atoms with Crippen LogP contribution in [0.25, 0.3) is 60.2 Å². The van der Waals surface area contributed by atoms with Crippen LogP contribution in [0.2, 0.25) is 0 Å². The Kier molecular flexibility index (Phi) is 5.67. The number of rotatable bonds is 4. The number of para-hydroxylation sites is 3. The number of ether oxygens (including phenoxy) is 1. The number of benzene rings is 7. The summed E-state index contributed by atoms with van der Waals surface area (Å²) < 4.78 is 8.77. The zero-order valence-electron chi connectivity index (χ0n) is 28.6. The van der Waals surface area contributed by atoms with Crippen LogP contribution in [-0.2, 0) is 0 Å². The molecule has 5 aliphatic rings. The van der Waals surface area contributed by atoms with E-state index in [1.807, 2.05) is 0 Å². The van der Waals surface area contributed by atoms with Crippen LogP contribution in [-0.4, -0.2) is 10.1 Å². The number of fused-ring (bicyclic) bond motifs is 8. The summed E-state index contributed by atoms with van der Waals surface area (Å²) >= 11 is 0. The van der Waals surface area contributed by atoms with E-state index in [0.717, 1.165) is 40.5 Å². The van der Waals surface area contributed by atoms with Crippen molar-refractivity contribution in [2.24, 2.45) is 17.8 Å². The van der Waals surface area contributed by atoms with Crippen LogP contribution in [0.3, 0.4) is 0 Å². The highest BCUT2D eigenvalue weighted by atomic mass is 16.5. The molecule has 0 amide bonds. The minimum absolute atomic E-state index is 0.182. The van der Waals surface area contributed by atoms with Crippen molar-refractivity contribution < 1.29 is 4.74 Å².